The van der Waals surface area contributed by atoms with E-state index >= 15 is 0 Å². The van der Waals surface area contributed by atoms with Crippen LogP contribution < -0.4 is 0 Å². The second-order valence-electron chi connectivity index (χ2n) is 5.59. The zero-order chi connectivity index (χ0) is 14.9. The average molecular weight is 301 g/mol. The molecule has 0 aliphatic carbocycles. The minimum atomic E-state index is -3.26. The first-order valence-electron chi connectivity index (χ1n) is 7.15. The van der Waals surface area contributed by atoms with E-state index in [-0.39, 0.29) is 5.75 Å². The molecule has 0 amide bonds. The topological polar surface area (TPSA) is 37.4 Å². The molecule has 2 aromatic rings. The highest BCUT2D eigenvalue weighted by Gasteiger charge is 2.26. The number of nitrogens with zero attached hydrogens (tertiary/aromatic N) is 1. The highest BCUT2D eigenvalue weighted by atomic mass is 32.2. The van der Waals surface area contributed by atoms with E-state index in [1.165, 1.54) is 5.56 Å². The van der Waals surface area contributed by atoms with E-state index in [1.54, 1.807) is 4.31 Å². The van der Waals surface area contributed by atoms with Crippen molar-refractivity contribution >= 4 is 10.0 Å². The quantitative estimate of drug-likeness (QED) is 0.874. The molecule has 0 spiro atoms. The largest absolute Gasteiger partial charge is 0.218 e. The molecule has 3 rings (SSSR count). The molecule has 0 saturated carbocycles. The lowest BCUT2D eigenvalue weighted by Gasteiger charge is -2.28. The standard InChI is InChI=1S/C17H19NO2S/c1-14-6-8-15(9-7-14)13-21(19,20)18-11-10-16-4-2-3-5-17(16)12-18/h2-9H,10-13H2,1H3. The van der Waals surface area contributed by atoms with Gasteiger partial charge in [-0.3, -0.25) is 0 Å². The van der Waals surface area contributed by atoms with Gasteiger partial charge in [0.1, 0.15) is 0 Å². The van der Waals surface area contributed by atoms with Crippen molar-refractivity contribution in [3.8, 4) is 0 Å². The Balaban J connectivity index is 1.78. The molecule has 0 atom stereocenters. The SMILES string of the molecule is Cc1ccc(CS(=O)(=O)N2CCc3ccccc3C2)cc1. The summed E-state index contributed by atoms with van der Waals surface area (Å²) >= 11 is 0. The van der Waals surface area contributed by atoms with E-state index in [0.717, 1.165) is 23.1 Å². The summed E-state index contributed by atoms with van der Waals surface area (Å²) in [7, 11) is -3.26. The third-order valence-electron chi connectivity index (χ3n) is 3.96. The molecule has 21 heavy (non-hydrogen) atoms. The Bertz CT molecular complexity index is 736. The van der Waals surface area contributed by atoms with E-state index < -0.39 is 10.0 Å². The number of aryl methyl sites for hydroxylation is 1. The number of hydrogen-bond acceptors (Lipinski definition) is 2. The van der Waals surface area contributed by atoms with Gasteiger partial charge >= 0.3 is 0 Å². The predicted octanol–water partition coefficient (Wildman–Crippen LogP) is 2.88. The molecular formula is C17H19NO2S. The van der Waals surface area contributed by atoms with Crippen LogP contribution in [0.2, 0.25) is 0 Å². The van der Waals surface area contributed by atoms with Crippen molar-refractivity contribution in [3.05, 3.63) is 70.8 Å². The van der Waals surface area contributed by atoms with Crippen molar-refractivity contribution < 1.29 is 8.42 Å². The van der Waals surface area contributed by atoms with Gasteiger partial charge in [0.15, 0.2) is 0 Å². The first-order chi connectivity index (χ1) is 10.0. The van der Waals surface area contributed by atoms with Gasteiger partial charge in [0.05, 0.1) is 5.75 Å². The normalized spacial score (nSPS) is 15.7. The summed E-state index contributed by atoms with van der Waals surface area (Å²) < 4.78 is 26.8. The molecule has 0 fully saturated rings. The lowest BCUT2D eigenvalue weighted by atomic mass is 10.0. The summed E-state index contributed by atoms with van der Waals surface area (Å²) in [4.78, 5) is 0. The van der Waals surface area contributed by atoms with E-state index in [9.17, 15) is 8.42 Å². The molecule has 0 radical (unpaired) electrons. The van der Waals surface area contributed by atoms with Crippen LogP contribution in [0.25, 0.3) is 0 Å². The number of sulfonamides is 1. The van der Waals surface area contributed by atoms with Gasteiger partial charge in [-0.25, -0.2) is 8.42 Å². The number of hydrogen-bond donors (Lipinski definition) is 0. The lowest BCUT2D eigenvalue weighted by Crippen LogP contribution is -2.36. The van der Waals surface area contributed by atoms with E-state index in [0.29, 0.717) is 13.1 Å². The van der Waals surface area contributed by atoms with Gasteiger partial charge < -0.3 is 0 Å². The lowest BCUT2D eigenvalue weighted by molar-refractivity contribution is 0.391. The zero-order valence-electron chi connectivity index (χ0n) is 12.1. The molecule has 0 bridgehead atoms. The van der Waals surface area contributed by atoms with Gasteiger partial charge in [0.2, 0.25) is 10.0 Å². The summed E-state index contributed by atoms with van der Waals surface area (Å²) in [6.07, 6.45) is 0.795. The molecule has 1 heterocycles. The Hall–Kier alpha value is -1.65. The minimum absolute atomic E-state index is 0.0788. The second-order valence-corrected chi connectivity index (χ2v) is 7.56. The number of fused-ring (bicyclic) bond motifs is 1. The van der Waals surface area contributed by atoms with E-state index in [2.05, 4.69) is 6.07 Å². The molecular weight excluding hydrogens is 282 g/mol. The Kier molecular flexibility index (Phi) is 3.83. The Morgan fingerprint density at radius 3 is 2.38 bits per heavy atom. The van der Waals surface area contributed by atoms with Crippen molar-refractivity contribution in [2.75, 3.05) is 6.54 Å². The average Bonchev–Trinajstić information content (AvgIpc) is 2.49. The smallest absolute Gasteiger partial charge is 0.212 e. The number of benzene rings is 2. The third-order valence-corrected chi connectivity index (χ3v) is 5.76. The fraction of sp³-hybridized carbons (Fsp3) is 0.294. The van der Waals surface area contributed by atoms with Gasteiger partial charge in [0, 0.05) is 13.1 Å². The highest BCUT2D eigenvalue weighted by Crippen LogP contribution is 2.22. The molecule has 4 heteroatoms. The molecule has 0 aromatic heterocycles. The summed E-state index contributed by atoms with van der Waals surface area (Å²) in [5.41, 5.74) is 4.37. The zero-order valence-corrected chi connectivity index (χ0v) is 12.9. The fourth-order valence-electron chi connectivity index (χ4n) is 2.69. The summed E-state index contributed by atoms with van der Waals surface area (Å²) in [6, 6.07) is 15.8. The molecule has 1 aliphatic heterocycles. The molecule has 0 N–H and O–H groups in total. The van der Waals surface area contributed by atoms with Crippen LogP contribution >= 0.6 is 0 Å². The van der Waals surface area contributed by atoms with Gasteiger partial charge in [0.25, 0.3) is 0 Å². The summed E-state index contributed by atoms with van der Waals surface area (Å²) in [5.74, 6) is 0.0788. The maximum atomic E-state index is 12.6. The maximum absolute atomic E-state index is 12.6. The van der Waals surface area contributed by atoms with Crippen LogP contribution in [0.15, 0.2) is 48.5 Å². The maximum Gasteiger partial charge on any atom is 0.218 e. The van der Waals surface area contributed by atoms with Crippen molar-refractivity contribution in [3.63, 3.8) is 0 Å². The predicted molar refractivity (Wildman–Crippen MR) is 84.4 cm³/mol. The highest BCUT2D eigenvalue weighted by molar-refractivity contribution is 7.88. The van der Waals surface area contributed by atoms with Crippen molar-refractivity contribution in [2.24, 2.45) is 0 Å². The first-order valence-corrected chi connectivity index (χ1v) is 8.76. The molecule has 3 nitrogen and oxygen atoms in total. The van der Waals surface area contributed by atoms with Crippen LogP contribution in [0.4, 0.5) is 0 Å². The monoisotopic (exact) mass is 301 g/mol. The van der Waals surface area contributed by atoms with Gasteiger partial charge in [-0.1, -0.05) is 54.1 Å². The van der Waals surface area contributed by atoms with Crippen LogP contribution in [0.1, 0.15) is 22.3 Å². The molecule has 1 aliphatic rings. The van der Waals surface area contributed by atoms with Crippen LogP contribution in [-0.2, 0) is 28.7 Å². The molecule has 110 valence electrons. The van der Waals surface area contributed by atoms with Crippen molar-refractivity contribution in [1.29, 1.82) is 0 Å². The molecule has 0 unspecified atom stereocenters. The minimum Gasteiger partial charge on any atom is -0.212 e. The Labute approximate surface area is 126 Å². The van der Waals surface area contributed by atoms with Crippen LogP contribution in [0.5, 0.6) is 0 Å². The summed E-state index contributed by atoms with van der Waals surface area (Å²) in [5, 5.41) is 0. The van der Waals surface area contributed by atoms with Crippen molar-refractivity contribution in [2.45, 2.75) is 25.6 Å². The van der Waals surface area contributed by atoms with Crippen LogP contribution in [0.3, 0.4) is 0 Å². The number of rotatable bonds is 3. The summed E-state index contributed by atoms with van der Waals surface area (Å²) in [6.45, 7) is 3.06. The Morgan fingerprint density at radius 1 is 1.00 bits per heavy atom. The van der Waals surface area contributed by atoms with Crippen molar-refractivity contribution in [1.82, 2.24) is 4.31 Å². The van der Waals surface area contributed by atoms with Gasteiger partial charge in [-0.15, -0.1) is 0 Å². The van der Waals surface area contributed by atoms with E-state index in [1.807, 2.05) is 49.4 Å². The van der Waals surface area contributed by atoms with Crippen LogP contribution in [-0.4, -0.2) is 19.3 Å². The van der Waals surface area contributed by atoms with Gasteiger partial charge in [-0.05, 0) is 30.0 Å². The van der Waals surface area contributed by atoms with E-state index in [4.69, 9.17) is 0 Å². The molecule has 2 aromatic carbocycles. The van der Waals surface area contributed by atoms with Gasteiger partial charge in [-0.2, -0.15) is 4.31 Å². The second kappa shape index (κ2) is 5.62. The Morgan fingerprint density at radius 2 is 1.67 bits per heavy atom. The molecule has 0 saturated heterocycles. The third kappa shape index (κ3) is 3.17. The van der Waals surface area contributed by atoms with Crippen LogP contribution in [0, 0.1) is 6.92 Å². The fourth-order valence-corrected chi connectivity index (χ4v) is 4.19. The first kappa shape index (κ1) is 14.3.